The summed E-state index contributed by atoms with van der Waals surface area (Å²) < 4.78 is 7.90. The van der Waals surface area contributed by atoms with Crippen molar-refractivity contribution in [2.45, 2.75) is 26.9 Å². The lowest BCUT2D eigenvalue weighted by molar-refractivity contribution is -0.141. The molecular formula is C26H24ClN5O5. The maximum Gasteiger partial charge on any atom is 0.335 e. The fourth-order valence-electron chi connectivity index (χ4n) is 3.48. The number of ether oxygens (including phenoxy) is 1. The maximum atomic E-state index is 13.3. The molecule has 1 atom stereocenters. The summed E-state index contributed by atoms with van der Waals surface area (Å²) in [5, 5.41) is 9.79. The van der Waals surface area contributed by atoms with E-state index >= 15 is 0 Å². The maximum absolute atomic E-state index is 13.3. The van der Waals surface area contributed by atoms with Crippen LogP contribution >= 0.6 is 11.6 Å². The van der Waals surface area contributed by atoms with Gasteiger partial charge in [-0.2, -0.15) is 0 Å². The van der Waals surface area contributed by atoms with Gasteiger partial charge in [0.2, 0.25) is 11.5 Å². The lowest BCUT2D eigenvalue weighted by Gasteiger charge is -2.13. The summed E-state index contributed by atoms with van der Waals surface area (Å²) in [7, 11) is 0. The Kier molecular flexibility index (Phi) is 7.69. The van der Waals surface area contributed by atoms with E-state index in [9.17, 15) is 19.5 Å². The van der Waals surface area contributed by atoms with E-state index in [1.807, 2.05) is 19.1 Å². The number of nitrogens with zero attached hydrogens (tertiary/aromatic N) is 4. The summed E-state index contributed by atoms with van der Waals surface area (Å²) in [6.07, 6.45) is 0. The number of nitrogens with one attached hydrogen (secondary N) is 1. The molecule has 0 spiro atoms. The van der Waals surface area contributed by atoms with Gasteiger partial charge in [-0.3, -0.25) is 14.3 Å². The first-order chi connectivity index (χ1) is 17.7. The van der Waals surface area contributed by atoms with Crippen LogP contribution in [0.1, 0.15) is 18.2 Å². The quantitative estimate of drug-likeness (QED) is 0.365. The van der Waals surface area contributed by atoms with Crippen molar-refractivity contribution in [3.63, 3.8) is 0 Å². The Hall–Kier alpha value is -4.44. The first kappa shape index (κ1) is 25.6. The van der Waals surface area contributed by atoms with Crippen molar-refractivity contribution in [3.05, 3.63) is 110 Å². The fraction of sp³-hybridized carbons (Fsp3) is 0.192. The molecule has 4 rings (SSSR count). The number of carboxylic acids is 1. The molecule has 0 saturated heterocycles. The Morgan fingerprint density at radius 3 is 2.43 bits per heavy atom. The molecule has 2 aromatic carbocycles. The van der Waals surface area contributed by atoms with Gasteiger partial charge < -0.3 is 9.84 Å². The number of pyridine rings is 1. The molecule has 0 fully saturated rings. The monoisotopic (exact) mass is 521 g/mol. The molecule has 0 bridgehead atoms. The molecular weight excluding hydrogens is 498 g/mol. The average Bonchev–Trinajstić information content (AvgIpc) is 2.86. The number of carboxylic acid groups (broad SMARTS) is 1. The van der Waals surface area contributed by atoms with Gasteiger partial charge in [0, 0.05) is 23.3 Å². The molecule has 0 unspecified atom stereocenters. The van der Waals surface area contributed by atoms with Crippen LogP contribution in [-0.4, -0.2) is 30.2 Å². The molecule has 0 radical (unpaired) electrons. The van der Waals surface area contributed by atoms with Crippen molar-refractivity contribution in [2.24, 2.45) is 10.9 Å². The summed E-state index contributed by atoms with van der Waals surface area (Å²) in [6.45, 7) is 3.08. The zero-order chi connectivity index (χ0) is 26.5. The van der Waals surface area contributed by atoms with Gasteiger partial charge in [0.15, 0.2) is 0 Å². The SMILES string of the molecule is Cc1cccc(Oc2ccc(/N=c3\[nH]c(=O)n(C[C@H](C)C(=O)O)c(=O)n3Cc3ccc(Cl)cc3)cc2)n1. The smallest absolute Gasteiger partial charge is 0.335 e. The van der Waals surface area contributed by atoms with Crippen LogP contribution in [0, 0.1) is 12.8 Å². The number of aliphatic carboxylic acids is 1. The third-order valence-corrected chi connectivity index (χ3v) is 5.72. The van der Waals surface area contributed by atoms with Crippen LogP contribution in [0.5, 0.6) is 11.6 Å². The molecule has 0 aliphatic carbocycles. The second-order valence-corrected chi connectivity index (χ2v) is 8.86. The van der Waals surface area contributed by atoms with Crippen LogP contribution in [0.2, 0.25) is 5.02 Å². The van der Waals surface area contributed by atoms with Crippen molar-refractivity contribution in [1.82, 2.24) is 19.1 Å². The number of H-pyrrole nitrogens is 1. The molecule has 10 nitrogen and oxygen atoms in total. The van der Waals surface area contributed by atoms with E-state index in [1.54, 1.807) is 54.6 Å². The fourth-order valence-corrected chi connectivity index (χ4v) is 3.60. The van der Waals surface area contributed by atoms with Gasteiger partial charge in [-0.1, -0.05) is 36.7 Å². The van der Waals surface area contributed by atoms with E-state index in [0.717, 1.165) is 15.8 Å². The van der Waals surface area contributed by atoms with Gasteiger partial charge in [-0.05, 0) is 55.0 Å². The van der Waals surface area contributed by atoms with E-state index in [1.165, 1.54) is 11.5 Å². The van der Waals surface area contributed by atoms with Gasteiger partial charge in [0.05, 0.1) is 18.2 Å². The third-order valence-electron chi connectivity index (χ3n) is 5.47. The topological polar surface area (TPSA) is 132 Å². The molecule has 4 aromatic rings. The molecule has 0 aliphatic heterocycles. The highest BCUT2D eigenvalue weighted by Crippen LogP contribution is 2.22. The van der Waals surface area contributed by atoms with Crippen molar-refractivity contribution < 1.29 is 14.6 Å². The second kappa shape index (κ2) is 11.1. The number of hydrogen-bond donors (Lipinski definition) is 2. The van der Waals surface area contributed by atoms with Crippen LogP contribution in [0.15, 0.2) is 81.3 Å². The van der Waals surface area contributed by atoms with Crippen LogP contribution < -0.4 is 21.7 Å². The minimum atomic E-state index is -1.12. The highest BCUT2D eigenvalue weighted by Gasteiger charge is 2.17. The van der Waals surface area contributed by atoms with Crippen molar-refractivity contribution in [1.29, 1.82) is 0 Å². The van der Waals surface area contributed by atoms with E-state index in [-0.39, 0.29) is 18.7 Å². The number of halogens is 1. The number of carbonyl (C=O) groups is 1. The standard InChI is InChI=1S/C26H24ClN5O5/c1-16(23(33)34)14-32-25(35)30-24(31(26(32)36)15-18-6-8-19(27)9-7-18)29-20-10-12-21(13-11-20)37-22-5-3-4-17(2)28-22/h3-13,16H,14-15H2,1-2H3,(H,33,34)(H,29,30,35)/t16-/m0/s1. The molecule has 190 valence electrons. The second-order valence-electron chi connectivity index (χ2n) is 8.42. The molecule has 11 heteroatoms. The Balaban J connectivity index is 1.74. The predicted molar refractivity (Wildman–Crippen MR) is 137 cm³/mol. The highest BCUT2D eigenvalue weighted by molar-refractivity contribution is 6.30. The van der Waals surface area contributed by atoms with E-state index in [4.69, 9.17) is 16.3 Å². The van der Waals surface area contributed by atoms with Crippen molar-refractivity contribution >= 4 is 23.3 Å². The highest BCUT2D eigenvalue weighted by atomic mass is 35.5. The summed E-state index contributed by atoms with van der Waals surface area (Å²) in [4.78, 5) is 48.8. The zero-order valence-corrected chi connectivity index (χ0v) is 20.8. The Bertz CT molecular complexity index is 1600. The summed E-state index contributed by atoms with van der Waals surface area (Å²) in [6, 6.07) is 19.1. The largest absolute Gasteiger partial charge is 0.481 e. The normalized spacial score (nSPS) is 12.4. The van der Waals surface area contributed by atoms with Crippen LogP contribution in [-0.2, 0) is 17.9 Å². The molecule has 0 saturated carbocycles. The lowest BCUT2D eigenvalue weighted by Crippen LogP contribution is -2.51. The average molecular weight is 522 g/mol. The summed E-state index contributed by atoms with van der Waals surface area (Å²) in [5.74, 6) is -1.07. The van der Waals surface area contributed by atoms with Gasteiger partial charge in [-0.15, -0.1) is 0 Å². The van der Waals surface area contributed by atoms with Gasteiger partial charge in [0.1, 0.15) is 5.75 Å². The molecule has 2 heterocycles. The Morgan fingerprint density at radius 1 is 1.08 bits per heavy atom. The minimum absolute atomic E-state index is 0.0122. The van der Waals surface area contributed by atoms with E-state index in [0.29, 0.717) is 22.3 Å². The number of benzene rings is 2. The van der Waals surface area contributed by atoms with Crippen molar-refractivity contribution in [3.8, 4) is 11.6 Å². The molecule has 2 aromatic heterocycles. The number of hydrogen-bond acceptors (Lipinski definition) is 6. The first-order valence-corrected chi connectivity index (χ1v) is 11.7. The van der Waals surface area contributed by atoms with Crippen LogP contribution in [0.3, 0.4) is 0 Å². The van der Waals surface area contributed by atoms with Crippen LogP contribution in [0.25, 0.3) is 0 Å². The van der Waals surface area contributed by atoms with Gasteiger partial charge in [0.25, 0.3) is 0 Å². The van der Waals surface area contributed by atoms with E-state index in [2.05, 4.69) is 15.0 Å². The minimum Gasteiger partial charge on any atom is -0.481 e. The van der Waals surface area contributed by atoms with Crippen molar-refractivity contribution in [2.75, 3.05) is 0 Å². The Morgan fingerprint density at radius 2 is 1.78 bits per heavy atom. The van der Waals surface area contributed by atoms with Crippen LogP contribution in [0.4, 0.5) is 5.69 Å². The summed E-state index contributed by atoms with van der Waals surface area (Å²) >= 11 is 5.98. The molecule has 37 heavy (non-hydrogen) atoms. The molecule has 0 aliphatic rings. The summed E-state index contributed by atoms with van der Waals surface area (Å²) in [5.41, 5.74) is 0.595. The van der Waals surface area contributed by atoms with Gasteiger partial charge >= 0.3 is 17.3 Å². The third kappa shape index (κ3) is 6.42. The molecule has 2 N–H and O–H groups in total. The van der Waals surface area contributed by atoms with Gasteiger partial charge in [-0.25, -0.2) is 24.1 Å². The number of rotatable bonds is 8. The number of aromatic nitrogens is 4. The lowest BCUT2D eigenvalue weighted by atomic mass is 10.2. The zero-order valence-electron chi connectivity index (χ0n) is 20.1. The number of aryl methyl sites for hydroxylation is 1. The molecule has 0 amide bonds. The Labute approximate surface area is 216 Å². The first-order valence-electron chi connectivity index (χ1n) is 11.4. The predicted octanol–water partition coefficient (Wildman–Crippen LogP) is 3.49. The van der Waals surface area contributed by atoms with E-state index < -0.39 is 23.3 Å². The number of aromatic amines is 1.